The molecule has 0 fully saturated rings. The summed E-state index contributed by atoms with van der Waals surface area (Å²) in [6.07, 6.45) is 1.06. The van der Waals surface area contributed by atoms with Crippen molar-refractivity contribution >= 4 is 21.4 Å². The SMILES string of the molecule is CC(CO)C(C)NC(=O)c1cc(N)cc(S(C)(=O)=O)c1. The van der Waals surface area contributed by atoms with Gasteiger partial charge < -0.3 is 16.2 Å². The zero-order valence-corrected chi connectivity index (χ0v) is 12.6. The maximum Gasteiger partial charge on any atom is 0.251 e. The highest BCUT2D eigenvalue weighted by Crippen LogP contribution is 2.17. The fourth-order valence-electron chi connectivity index (χ4n) is 1.56. The van der Waals surface area contributed by atoms with E-state index in [1.807, 2.05) is 0 Å². The molecule has 0 heterocycles. The molecule has 0 spiro atoms. The summed E-state index contributed by atoms with van der Waals surface area (Å²) >= 11 is 0. The smallest absolute Gasteiger partial charge is 0.251 e. The molecule has 0 aliphatic carbocycles. The van der Waals surface area contributed by atoms with Crippen LogP contribution in [0.4, 0.5) is 5.69 Å². The van der Waals surface area contributed by atoms with Crippen molar-refractivity contribution in [2.75, 3.05) is 18.6 Å². The van der Waals surface area contributed by atoms with E-state index in [4.69, 9.17) is 10.8 Å². The number of rotatable bonds is 5. The summed E-state index contributed by atoms with van der Waals surface area (Å²) in [6, 6.07) is 3.78. The Morgan fingerprint density at radius 2 is 1.95 bits per heavy atom. The highest BCUT2D eigenvalue weighted by atomic mass is 32.2. The molecule has 1 aromatic carbocycles. The van der Waals surface area contributed by atoms with E-state index >= 15 is 0 Å². The van der Waals surface area contributed by atoms with E-state index < -0.39 is 15.7 Å². The van der Waals surface area contributed by atoms with Crippen LogP contribution in [0.1, 0.15) is 24.2 Å². The first-order valence-corrected chi connectivity index (χ1v) is 8.06. The van der Waals surface area contributed by atoms with Gasteiger partial charge in [-0.05, 0) is 31.0 Å². The van der Waals surface area contributed by atoms with E-state index in [0.29, 0.717) is 0 Å². The van der Waals surface area contributed by atoms with Gasteiger partial charge in [-0.25, -0.2) is 8.42 Å². The Hall–Kier alpha value is -1.60. The van der Waals surface area contributed by atoms with Crippen LogP contribution < -0.4 is 11.1 Å². The van der Waals surface area contributed by atoms with Crippen molar-refractivity contribution < 1.29 is 18.3 Å². The van der Waals surface area contributed by atoms with Crippen molar-refractivity contribution in [1.29, 1.82) is 0 Å². The summed E-state index contributed by atoms with van der Waals surface area (Å²) in [4.78, 5) is 12.1. The van der Waals surface area contributed by atoms with Gasteiger partial charge in [-0.15, -0.1) is 0 Å². The Kier molecular flexibility index (Phi) is 5.13. The second-order valence-electron chi connectivity index (χ2n) is 4.98. The van der Waals surface area contributed by atoms with E-state index in [9.17, 15) is 13.2 Å². The second-order valence-corrected chi connectivity index (χ2v) is 7.00. The van der Waals surface area contributed by atoms with Crippen molar-refractivity contribution in [3.8, 4) is 0 Å². The van der Waals surface area contributed by atoms with Crippen molar-refractivity contribution in [2.24, 2.45) is 5.92 Å². The summed E-state index contributed by atoms with van der Waals surface area (Å²) in [5.74, 6) is -0.524. The van der Waals surface area contributed by atoms with Gasteiger partial charge in [-0.2, -0.15) is 0 Å². The predicted molar refractivity (Wildman–Crippen MR) is 77.1 cm³/mol. The average Bonchev–Trinajstić information content (AvgIpc) is 2.35. The van der Waals surface area contributed by atoms with Crippen LogP contribution >= 0.6 is 0 Å². The molecule has 0 bridgehead atoms. The molecule has 0 saturated heterocycles. The van der Waals surface area contributed by atoms with E-state index in [-0.39, 0.29) is 34.7 Å². The normalized spacial score (nSPS) is 14.6. The largest absolute Gasteiger partial charge is 0.399 e. The van der Waals surface area contributed by atoms with Crippen LogP contribution in [-0.4, -0.2) is 38.3 Å². The number of benzene rings is 1. The molecule has 4 N–H and O–H groups in total. The van der Waals surface area contributed by atoms with Crippen LogP contribution in [0.2, 0.25) is 0 Å². The number of nitrogen functional groups attached to an aromatic ring is 1. The number of anilines is 1. The highest BCUT2D eigenvalue weighted by Gasteiger charge is 2.17. The Morgan fingerprint density at radius 3 is 2.45 bits per heavy atom. The molecule has 0 saturated carbocycles. The third kappa shape index (κ3) is 4.21. The Balaban J connectivity index is 3.03. The topological polar surface area (TPSA) is 109 Å². The number of carbonyl (C=O) groups is 1. The van der Waals surface area contributed by atoms with Gasteiger partial charge in [-0.1, -0.05) is 6.92 Å². The molecular weight excluding hydrogens is 280 g/mol. The van der Waals surface area contributed by atoms with Crippen molar-refractivity contribution in [3.05, 3.63) is 23.8 Å². The lowest BCUT2D eigenvalue weighted by Crippen LogP contribution is -2.38. The standard InChI is InChI=1S/C13H20N2O4S/c1-8(7-16)9(2)15-13(17)10-4-11(14)6-12(5-10)20(3,18)19/h4-6,8-9,16H,7,14H2,1-3H3,(H,15,17). The molecule has 1 amide bonds. The van der Waals surface area contributed by atoms with Gasteiger partial charge in [0, 0.05) is 30.2 Å². The van der Waals surface area contributed by atoms with E-state index in [0.717, 1.165) is 6.26 Å². The average molecular weight is 300 g/mol. The number of nitrogens with one attached hydrogen (secondary N) is 1. The fraction of sp³-hybridized carbons (Fsp3) is 0.462. The number of sulfone groups is 1. The van der Waals surface area contributed by atoms with Crippen molar-refractivity contribution in [1.82, 2.24) is 5.32 Å². The Bertz CT molecular complexity index is 598. The van der Waals surface area contributed by atoms with Crippen molar-refractivity contribution in [2.45, 2.75) is 24.8 Å². The first-order valence-electron chi connectivity index (χ1n) is 6.17. The number of aliphatic hydroxyl groups is 1. The quantitative estimate of drug-likeness (QED) is 0.683. The van der Waals surface area contributed by atoms with Gasteiger partial charge in [0.2, 0.25) is 0 Å². The molecule has 20 heavy (non-hydrogen) atoms. The first-order chi connectivity index (χ1) is 9.15. The lowest BCUT2D eigenvalue weighted by atomic mass is 10.0. The first kappa shape index (κ1) is 16.5. The molecule has 2 unspecified atom stereocenters. The Labute approximate surface area is 118 Å². The lowest BCUT2D eigenvalue weighted by Gasteiger charge is -2.19. The monoisotopic (exact) mass is 300 g/mol. The van der Waals surface area contributed by atoms with E-state index in [1.165, 1.54) is 18.2 Å². The molecule has 2 atom stereocenters. The van der Waals surface area contributed by atoms with Crippen LogP contribution in [-0.2, 0) is 9.84 Å². The molecule has 1 aromatic rings. The third-order valence-electron chi connectivity index (χ3n) is 3.12. The Morgan fingerprint density at radius 1 is 1.35 bits per heavy atom. The summed E-state index contributed by atoms with van der Waals surface area (Å²) in [5, 5.41) is 11.7. The van der Waals surface area contributed by atoms with Gasteiger partial charge in [-0.3, -0.25) is 4.79 Å². The van der Waals surface area contributed by atoms with Gasteiger partial charge in [0.05, 0.1) is 4.90 Å². The zero-order chi connectivity index (χ0) is 15.5. The van der Waals surface area contributed by atoms with Crippen LogP contribution in [0.5, 0.6) is 0 Å². The van der Waals surface area contributed by atoms with E-state index in [1.54, 1.807) is 13.8 Å². The third-order valence-corrected chi connectivity index (χ3v) is 4.21. The second kappa shape index (κ2) is 6.23. The predicted octanol–water partition coefficient (Wildman–Crippen LogP) is 0.419. The van der Waals surface area contributed by atoms with Crippen LogP contribution in [0.25, 0.3) is 0 Å². The lowest BCUT2D eigenvalue weighted by molar-refractivity contribution is 0.0916. The molecule has 112 valence electrons. The molecule has 0 aliphatic rings. The maximum absolute atomic E-state index is 12.1. The van der Waals surface area contributed by atoms with Crippen LogP contribution in [0.15, 0.2) is 23.1 Å². The number of carbonyl (C=O) groups excluding carboxylic acids is 1. The van der Waals surface area contributed by atoms with E-state index in [2.05, 4.69) is 5.32 Å². The van der Waals surface area contributed by atoms with Gasteiger partial charge in [0.25, 0.3) is 5.91 Å². The number of nitrogens with two attached hydrogens (primary N) is 1. The summed E-state index contributed by atoms with van der Waals surface area (Å²) in [5.41, 5.74) is 6.02. The molecule has 0 aromatic heterocycles. The number of hydrogen-bond acceptors (Lipinski definition) is 5. The summed E-state index contributed by atoms with van der Waals surface area (Å²) in [7, 11) is -3.43. The fourth-order valence-corrected chi connectivity index (χ4v) is 2.25. The highest BCUT2D eigenvalue weighted by molar-refractivity contribution is 7.90. The van der Waals surface area contributed by atoms with Crippen LogP contribution in [0.3, 0.4) is 0 Å². The molecule has 7 heteroatoms. The van der Waals surface area contributed by atoms with Crippen LogP contribution in [0, 0.1) is 5.92 Å². The minimum Gasteiger partial charge on any atom is -0.399 e. The summed E-state index contributed by atoms with van der Waals surface area (Å²) < 4.78 is 23.0. The van der Waals surface area contributed by atoms with Gasteiger partial charge >= 0.3 is 0 Å². The minimum atomic E-state index is -3.43. The minimum absolute atomic E-state index is 0.00510. The molecular formula is C13H20N2O4S. The van der Waals surface area contributed by atoms with Gasteiger partial charge in [0.1, 0.15) is 0 Å². The summed E-state index contributed by atoms with van der Waals surface area (Å²) in [6.45, 7) is 3.52. The number of hydrogen-bond donors (Lipinski definition) is 3. The molecule has 0 radical (unpaired) electrons. The molecule has 1 rings (SSSR count). The molecule has 6 nitrogen and oxygen atoms in total. The molecule has 0 aliphatic heterocycles. The number of amides is 1. The van der Waals surface area contributed by atoms with Crippen molar-refractivity contribution in [3.63, 3.8) is 0 Å². The zero-order valence-electron chi connectivity index (χ0n) is 11.8. The maximum atomic E-state index is 12.1. The number of aliphatic hydroxyl groups excluding tert-OH is 1. The van der Waals surface area contributed by atoms with Gasteiger partial charge in [0.15, 0.2) is 9.84 Å².